The second-order valence-corrected chi connectivity index (χ2v) is 4.89. The van der Waals surface area contributed by atoms with Gasteiger partial charge in [0.05, 0.1) is 22.3 Å². The zero-order valence-electron chi connectivity index (χ0n) is 9.80. The maximum absolute atomic E-state index is 12.2. The lowest BCUT2D eigenvalue weighted by Gasteiger charge is -2.30. The summed E-state index contributed by atoms with van der Waals surface area (Å²) >= 11 is 6.04. The standard InChI is InChI=1S/C13H9ClN2O3/c14-8-2-1-7(6-15)5-9(8)16-12(17)10-3-4-11(19-10)13(16)18/h1-2,5,10-11H,3-4H2. The lowest BCUT2D eigenvalue weighted by Crippen LogP contribution is -2.52. The van der Waals surface area contributed by atoms with Gasteiger partial charge in [0.2, 0.25) is 0 Å². The second kappa shape index (κ2) is 4.34. The Balaban J connectivity index is 2.08. The minimum absolute atomic E-state index is 0.260. The van der Waals surface area contributed by atoms with Crippen LogP contribution in [0.25, 0.3) is 0 Å². The number of nitriles is 1. The number of carbonyl (C=O) groups is 2. The summed E-state index contributed by atoms with van der Waals surface area (Å²) in [5.74, 6) is -0.813. The van der Waals surface area contributed by atoms with Gasteiger partial charge in [-0.1, -0.05) is 11.6 Å². The number of anilines is 1. The SMILES string of the molecule is N#Cc1ccc(Cl)c(N2C(=O)C3CCC(O3)C2=O)c1. The van der Waals surface area contributed by atoms with Crippen molar-refractivity contribution in [2.75, 3.05) is 4.90 Å². The van der Waals surface area contributed by atoms with Crippen molar-refractivity contribution >= 4 is 29.1 Å². The Kier molecular flexibility index (Phi) is 2.77. The van der Waals surface area contributed by atoms with Gasteiger partial charge in [-0.05, 0) is 31.0 Å². The number of nitrogens with zero attached hydrogens (tertiary/aromatic N) is 2. The largest absolute Gasteiger partial charge is 0.355 e. The molecule has 1 aromatic rings. The molecule has 2 aliphatic rings. The van der Waals surface area contributed by atoms with E-state index in [0.717, 1.165) is 4.90 Å². The first kappa shape index (κ1) is 12.2. The van der Waals surface area contributed by atoms with Crippen LogP contribution in [0.3, 0.4) is 0 Å². The molecule has 2 aliphatic heterocycles. The molecule has 2 fully saturated rings. The molecule has 0 N–H and O–H groups in total. The third-order valence-corrected chi connectivity index (χ3v) is 3.65. The van der Waals surface area contributed by atoms with E-state index in [9.17, 15) is 9.59 Å². The van der Waals surface area contributed by atoms with Gasteiger partial charge >= 0.3 is 0 Å². The summed E-state index contributed by atoms with van der Waals surface area (Å²) < 4.78 is 5.32. The predicted octanol–water partition coefficient (Wildman–Crippen LogP) is 1.63. The van der Waals surface area contributed by atoms with Gasteiger partial charge in [0.1, 0.15) is 12.2 Å². The highest BCUT2D eigenvalue weighted by Crippen LogP contribution is 2.35. The van der Waals surface area contributed by atoms with Gasteiger partial charge in [-0.25, -0.2) is 4.90 Å². The van der Waals surface area contributed by atoms with Crippen molar-refractivity contribution in [3.05, 3.63) is 28.8 Å². The van der Waals surface area contributed by atoms with Crippen molar-refractivity contribution in [3.63, 3.8) is 0 Å². The molecule has 19 heavy (non-hydrogen) atoms. The summed E-state index contributed by atoms with van der Waals surface area (Å²) in [5, 5.41) is 9.16. The van der Waals surface area contributed by atoms with E-state index in [0.29, 0.717) is 18.4 Å². The fourth-order valence-corrected chi connectivity index (χ4v) is 2.59. The average Bonchev–Trinajstić information content (AvgIpc) is 2.86. The van der Waals surface area contributed by atoms with E-state index in [1.165, 1.54) is 18.2 Å². The maximum atomic E-state index is 12.2. The lowest BCUT2D eigenvalue weighted by atomic mass is 10.1. The van der Waals surface area contributed by atoms with Crippen LogP contribution in [0.5, 0.6) is 0 Å². The zero-order chi connectivity index (χ0) is 13.6. The maximum Gasteiger partial charge on any atom is 0.263 e. The smallest absolute Gasteiger partial charge is 0.263 e. The molecule has 2 heterocycles. The zero-order valence-corrected chi connectivity index (χ0v) is 10.6. The Hall–Kier alpha value is -1.90. The van der Waals surface area contributed by atoms with Gasteiger partial charge in [0, 0.05) is 0 Å². The van der Waals surface area contributed by atoms with E-state index in [4.69, 9.17) is 21.6 Å². The summed E-state index contributed by atoms with van der Waals surface area (Å²) in [7, 11) is 0. The van der Waals surface area contributed by atoms with Crippen LogP contribution < -0.4 is 4.90 Å². The van der Waals surface area contributed by atoms with Gasteiger partial charge in [-0.2, -0.15) is 5.26 Å². The monoisotopic (exact) mass is 276 g/mol. The molecule has 0 radical (unpaired) electrons. The van der Waals surface area contributed by atoms with E-state index in [-0.39, 0.29) is 10.7 Å². The Morgan fingerprint density at radius 3 is 2.47 bits per heavy atom. The summed E-state index contributed by atoms with van der Waals surface area (Å²) in [5.41, 5.74) is 0.606. The molecule has 0 aliphatic carbocycles. The number of hydrogen-bond acceptors (Lipinski definition) is 4. The quantitative estimate of drug-likeness (QED) is 0.731. The van der Waals surface area contributed by atoms with Crippen molar-refractivity contribution in [1.82, 2.24) is 0 Å². The van der Waals surface area contributed by atoms with Crippen LogP contribution in [-0.4, -0.2) is 24.0 Å². The number of halogens is 1. The van der Waals surface area contributed by atoms with Crippen molar-refractivity contribution in [3.8, 4) is 6.07 Å². The molecule has 2 bridgehead atoms. The van der Waals surface area contributed by atoms with E-state index in [1.807, 2.05) is 6.07 Å². The van der Waals surface area contributed by atoms with Gasteiger partial charge in [-0.3, -0.25) is 9.59 Å². The number of morpholine rings is 1. The molecule has 0 spiro atoms. The number of imide groups is 1. The summed E-state index contributed by atoms with van der Waals surface area (Å²) in [4.78, 5) is 25.4. The molecule has 2 amide bonds. The van der Waals surface area contributed by atoms with Crippen LogP contribution in [0.1, 0.15) is 18.4 Å². The lowest BCUT2D eigenvalue weighted by molar-refractivity contribution is -0.146. The molecule has 96 valence electrons. The van der Waals surface area contributed by atoms with Crippen LogP contribution in [0, 0.1) is 11.3 Å². The first-order valence-corrected chi connectivity index (χ1v) is 6.22. The van der Waals surface area contributed by atoms with Crippen LogP contribution in [0.2, 0.25) is 5.02 Å². The number of carbonyl (C=O) groups excluding carboxylic acids is 2. The van der Waals surface area contributed by atoms with Crippen molar-refractivity contribution in [2.45, 2.75) is 25.0 Å². The van der Waals surface area contributed by atoms with Gasteiger partial charge < -0.3 is 4.74 Å². The predicted molar refractivity (Wildman–Crippen MR) is 66.6 cm³/mol. The highest BCUT2D eigenvalue weighted by atomic mass is 35.5. The van der Waals surface area contributed by atoms with Crippen molar-refractivity contribution in [1.29, 1.82) is 5.26 Å². The topological polar surface area (TPSA) is 70.4 Å². The van der Waals surface area contributed by atoms with Crippen LogP contribution in [-0.2, 0) is 14.3 Å². The van der Waals surface area contributed by atoms with E-state index in [2.05, 4.69) is 0 Å². The first-order chi connectivity index (χ1) is 9.11. The van der Waals surface area contributed by atoms with Crippen LogP contribution in [0.4, 0.5) is 5.69 Å². The molecule has 2 atom stereocenters. The Labute approximate surface area is 114 Å². The van der Waals surface area contributed by atoms with Crippen LogP contribution >= 0.6 is 11.6 Å². The average molecular weight is 277 g/mol. The van der Waals surface area contributed by atoms with E-state index < -0.39 is 24.0 Å². The fourth-order valence-electron chi connectivity index (χ4n) is 2.39. The molecule has 5 nitrogen and oxygen atoms in total. The van der Waals surface area contributed by atoms with Gasteiger partial charge in [0.15, 0.2) is 0 Å². The summed E-state index contributed by atoms with van der Waals surface area (Å²) in [6.07, 6.45) is -0.0724. The molecule has 2 unspecified atom stereocenters. The van der Waals surface area contributed by atoms with Gasteiger partial charge in [0.25, 0.3) is 11.8 Å². The van der Waals surface area contributed by atoms with Gasteiger partial charge in [-0.15, -0.1) is 0 Å². The summed E-state index contributed by atoms with van der Waals surface area (Å²) in [6, 6.07) is 6.45. The number of rotatable bonds is 1. The minimum atomic E-state index is -0.579. The Bertz CT molecular complexity index is 601. The first-order valence-electron chi connectivity index (χ1n) is 5.84. The van der Waals surface area contributed by atoms with Crippen LogP contribution in [0.15, 0.2) is 18.2 Å². The highest BCUT2D eigenvalue weighted by Gasteiger charge is 2.47. The minimum Gasteiger partial charge on any atom is -0.355 e. The van der Waals surface area contributed by atoms with E-state index >= 15 is 0 Å². The van der Waals surface area contributed by atoms with E-state index in [1.54, 1.807) is 0 Å². The Morgan fingerprint density at radius 2 is 1.89 bits per heavy atom. The molecule has 0 saturated carbocycles. The second-order valence-electron chi connectivity index (χ2n) is 4.48. The number of fused-ring (bicyclic) bond motifs is 2. The Morgan fingerprint density at radius 1 is 1.26 bits per heavy atom. The molecule has 3 rings (SSSR count). The van der Waals surface area contributed by atoms with Crippen molar-refractivity contribution in [2.24, 2.45) is 0 Å². The molecular weight excluding hydrogens is 268 g/mol. The summed E-state index contributed by atoms with van der Waals surface area (Å²) in [6.45, 7) is 0. The normalized spacial score (nSPS) is 25.6. The molecule has 1 aromatic carbocycles. The molecule has 6 heteroatoms. The van der Waals surface area contributed by atoms with Crippen molar-refractivity contribution < 1.29 is 14.3 Å². The third kappa shape index (κ3) is 1.81. The molecular formula is C13H9ClN2O3. The number of hydrogen-bond donors (Lipinski definition) is 0. The fraction of sp³-hybridized carbons (Fsp3) is 0.308. The molecule has 0 aromatic heterocycles. The molecule has 2 saturated heterocycles. The number of ether oxygens (including phenoxy) is 1. The number of amides is 2. The highest BCUT2D eigenvalue weighted by molar-refractivity contribution is 6.35. The number of benzene rings is 1. The third-order valence-electron chi connectivity index (χ3n) is 3.33.